The quantitative estimate of drug-likeness (QED) is 0.889. The van der Waals surface area contributed by atoms with Gasteiger partial charge in [0.2, 0.25) is 10.0 Å². The van der Waals surface area contributed by atoms with E-state index in [-0.39, 0.29) is 11.3 Å². The van der Waals surface area contributed by atoms with Gasteiger partial charge in [0.25, 0.3) is 0 Å². The molecular weight excluding hydrogens is 322 g/mol. The summed E-state index contributed by atoms with van der Waals surface area (Å²) in [6.45, 7) is 4.69. The van der Waals surface area contributed by atoms with E-state index in [1.807, 2.05) is 0 Å². The van der Waals surface area contributed by atoms with Crippen LogP contribution in [0, 0.1) is 0 Å². The van der Waals surface area contributed by atoms with Gasteiger partial charge in [0.15, 0.2) is 0 Å². The normalized spacial score (nSPS) is 12.2. The van der Waals surface area contributed by atoms with E-state index in [4.69, 9.17) is 5.11 Å². The molecule has 0 unspecified atom stereocenters. The highest BCUT2D eigenvalue weighted by Gasteiger charge is 2.29. The average molecular weight is 336 g/mol. The molecule has 1 aromatic carbocycles. The molecule has 5 nitrogen and oxygen atoms in total. The number of hydrogen-bond acceptors (Lipinski definition) is 3. The minimum atomic E-state index is -3.56. The van der Waals surface area contributed by atoms with Crippen molar-refractivity contribution in [3.05, 3.63) is 28.2 Å². The predicted octanol–water partition coefficient (Wildman–Crippen LogP) is 2.69. The molecule has 0 saturated carbocycles. The molecule has 1 aromatic rings. The van der Waals surface area contributed by atoms with Crippen molar-refractivity contribution in [3.63, 3.8) is 0 Å². The Morgan fingerprint density at radius 2 is 1.89 bits per heavy atom. The number of nitrogens with one attached hydrogen (secondary N) is 1. The molecule has 0 heterocycles. The first-order valence-electron chi connectivity index (χ1n) is 5.10. The van der Waals surface area contributed by atoms with Gasteiger partial charge in [-0.2, -0.15) is 0 Å². The maximum atomic E-state index is 11.9. The molecule has 0 aliphatic carbocycles. The van der Waals surface area contributed by atoms with Crippen molar-refractivity contribution in [2.24, 2.45) is 0 Å². The predicted molar refractivity (Wildman–Crippen MR) is 73.4 cm³/mol. The molecule has 0 spiro atoms. The van der Waals surface area contributed by atoms with Crippen molar-refractivity contribution in [3.8, 4) is 0 Å². The van der Waals surface area contributed by atoms with Crippen LogP contribution >= 0.6 is 15.9 Å². The number of rotatable bonds is 3. The first-order valence-corrected chi connectivity index (χ1v) is 7.37. The van der Waals surface area contributed by atoms with Crippen LogP contribution in [0.25, 0.3) is 0 Å². The van der Waals surface area contributed by atoms with E-state index in [0.717, 1.165) is 0 Å². The van der Waals surface area contributed by atoms with Crippen molar-refractivity contribution in [2.75, 3.05) is 4.72 Å². The topological polar surface area (TPSA) is 83.5 Å². The molecule has 0 aliphatic rings. The highest BCUT2D eigenvalue weighted by Crippen LogP contribution is 2.24. The third kappa shape index (κ3) is 3.23. The van der Waals surface area contributed by atoms with E-state index < -0.39 is 20.7 Å². The van der Waals surface area contributed by atoms with Gasteiger partial charge < -0.3 is 5.11 Å². The van der Waals surface area contributed by atoms with Crippen molar-refractivity contribution in [1.82, 2.24) is 0 Å². The lowest BCUT2D eigenvalue weighted by Gasteiger charge is -2.20. The van der Waals surface area contributed by atoms with Crippen LogP contribution in [0.3, 0.4) is 0 Å². The average Bonchev–Trinajstić information content (AvgIpc) is 2.18. The Bertz CT molecular complexity index is 575. The second-order valence-corrected chi connectivity index (χ2v) is 8.01. The number of halogens is 1. The second kappa shape index (κ2) is 4.89. The van der Waals surface area contributed by atoms with E-state index in [1.165, 1.54) is 18.2 Å². The fourth-order valence-corrected chi connectivity index (χ4v) is 2.22. The number of carboxylic acid groups (broad SMARTS) is 1. The summed E-state index contributed by atoms with van der Waals surface area (Å²) in [4.78, 5) is 10.9. The lowest BCUT2D eigenvalue weighted by molar-refractivity contribution is 0.0696. The van der Waals surface area contributed by atoms with E-state index in [1.54, 1.807) is 20.8 Å². The van der Waals surface area contributed by atoms with Gasteiger partial charge in [0.05, 0.1) is 10.3 Å². The molecule has 0 fully saturated rings. The third-order valence-electron chi connectivity index (χ3n) is 2.26. The Hall–Kier alpha value is -1.08. The van der Waals surface area contributed by atoms with Crippen molar-refractivity contribution < 1.29 is 18.3 Å². The second-order valence-electron chi connectivity index (χ2n) is 4.72. The van der Waals surface area contributed by atoms with Gasteiger partial charge in [-0.15, -0.1) is 0 Å². The van der Waals surface area contributed by atoms with Crippen LogP contribution in [0.5, 0.6) is 0 Å². The number of hydrogen-bond donors (Lipinski definition) is 2. The molecular formula is C11H14BrNO4S. The fourth-order valence-electron chi connectivity index (χ4n) is 1.06. The molecule has 0 saturated heterocycles. The summed E-state index contributed by atoms with van der Waals surface area (Å²) in [7, 11) is -3.56. The molecule has 7 heteroatoms. The number of carboxylic acids is 1. The highest BCUT2D eigenvalue weighted by atomic mass is 79.9. The van der Waals surface area contributed by atoms with Crippen molar-refractivity contribution in [2.45, 2.75) is 25.5 Å². The van der Waals surface area contributed by atoms with Gasteiger partial charge in [-0.25, -0.2) is 13.2 Å². The Morgan fingerprint density at radius 3 is 2.33 bits per heavy atom. The summed E-state index contributed by atoms with van der Waals surface area (Å²) < 4.78 is 25.6. The Balaban J connectivity index is 3.15. The summed E-state index contributed by atoms with van der Waals surface area (Å²) in [5.74, 6) is -1.13. The standard InChI is InChI=1S/C11H14BrNO4S/c1-11(2,3)18(16,17)13-7-4-5-9(12)8(6-7)10(14)15/h4-6,13H,1-3H3,(H,14,15). The smallest absolute Gasteiger partial charge is 0.336 e. The first-order chi connectivity index (χ1) is 8.04. The molecule has 2 N–H and O–H groups in total. The van der Waals surface area contributed by atoms with Gasteiger partial charge >= 0.3 is 5.97 Å². The number of carbonyl (C=O) groups is 1. The Kier molecular flexibility index (Phi) is 4.07. The zero-order valence-corrected chi connectivity index (χ0v) is 12.6. The van der Waals surface area contributed by atoms with Crippen molar-refractivity contribution in [1.29, 1.82) is 0 Å². The van der Waals surface area contributed by atoms with E-state index in [2.05, 4.69) is 20.7 Å². The van der Waals surface area contributed by atoms with Gasteiger partial charge in [-0.05, 0) is 54.9 Å². The monoisotopic (exact) mass is 335 g/mol. The molecule has 0 radical (unpaired) electrons. The fraction of sp³-hybridized carbons (Fsp3) is 0.364. The first kappa shape index (κ1) is 15.0. The molecule has 18 heavy (non-hydrogen) atoms. The van der Waals surface area contributed by atoms with Crippen LogP contribution in [0.1, 0.15) is 31.1 Å². The van der Waals surface area contributed by atoms with Gasteiger partial charge in [0, 0.05) is 10.2 Å². The molecule has 0 aliphatic heterocycles. The summed E-state index contributed by atoms with van der Waals surface area (Å²) in [6.07, 6.45) is 0. The number of sulfonamides is 1. The number of benzene rings is 1. The van der Waals surface area contributed by atoms with E-state index in [0.29, 0.717) is 4.47 Å². The number of aromatic carboxylic acids is 1. The minimum absolute atomic E-state index is 0.00380. The SMILES string of the molecule is CC(C)(C)S(=O)(=O)Nc1ccc(Br)c(C(=O)O)c1. The van der Waals surface area contributed by atoms with Gasteiger partial charge in [0.1, 0.15) is 0 Å². The van der Waals surface area contributed by atoms with E-state index in [9.17, 15) is 13.2 Å². The minimum Gasteiger partial charge on any atom is -0.478 e. The maximum absolute atomic E-state index is 11.9. The molecule has 1 rings (SSSR count). The van der Waals surface area contributed by atoms with Crippen LogP contribution in [0.2, 0.25) is 0 Å². The zero-order chi connectivity index (χ0) is 14.1. The largest absolute Gasteiger partial charge is 0.478 e. The summed E-state index contributed by atoms with van der Waals surface area (Å²) in [5, 5.41) is 8.94. The lowest BCUT2D eigenvalue weighted by atomic mass is 10.2. The van der Waals surface area contributed by atoms with Crippen LogP contribution in [0.15, 0.2) is 22.7 Å². The zero-order valence-electron chi connectivity index (χ0n) is 10.2. The lowest BCUT2D eigenvalue weighted by Crippen LogP contribution is -2.33. The van der Waals surface area contributed by atoms with E-state index >= 15 is 0 Å². The summed E-state index contributed by atoms with van der Waals surface area (Å²) >= 11 is 3.09. The highest BCUT2D eigenvalue weighted by molar-refractivity contribution is 9.10. The van der Waals surface area contributed by atoms with Crippen LogP contribution in [-0.4, -0.2) is 24.2 Å². The molecule has 100 valence electrons. The van der Waals surface area contributed by atoms with Gasteiger partial charge in [-0.3, -0.25) is 4.72 Å². The van der Waals surface area contributed by atoms with Crippen molar-refractivity contribution >= 4 is 37.6 Å². The molecule has 0 bridgehead atoms. The molecule has 0 atom stereocenters. The molecule has 0 aromatic heterocycles. The van der Waals surface area contributed by atoms with Crippen LogP contribution < -0.4 is 4.72 Å². The number of anilines is 1. The Morgan fingerprint density at radius 1 is 1.33 bits per heavy atom. The third-order valence-corrected chi connectivity index (χ3v) is 5.06. The Labute approximate surface area is 114 Å². The maximum Gasteiger partial charge on any atom is 0.336 e. The summed E-state index contributed by atoms with van der Waals surface area (Å²) in [5.41, 5.74) is 0.231. The van der Waals surface area contributed by atoms with Crippen LogP contribution in [-0.2, 0) is 10.0 Å². The summed E-state index contributed by atoms with van der Waals surface area (Å²) in [6, 6.07) is 4.26. The van der Waals surface area contributed by atoms with Crippen LogP contribution in [0.4, 0.5) is 5.69 Å². The van der Waals surface area contributed by atoms with Gasteiger partial charge in [-0.1, -0.05) is 0 Å². The molecule has 0 amide bonds.